The summed E-state index contributed by atoms with van der Waals surface area (Å²) in [5.74, 6) is -0.163. The van der Waals surface area contributed by atoms with Gasteiger partial charge in [0.1, 0.15) is 5.56 Å². The Hall–Kier alpha value is -2.47. The molecule has 1 aromatic carbocycles. The zero-order chi connectivity index (χ0) is 14.3. The first-order valence-corrected chi connectivity index (χ1v) is 6.36. The van der Waals surface area contributed by atoms with Gasteiger partial charge in [0.2, 0.25) is 5.88 Å². The fourth-order valence-electron chi connectivity index (χ4n) is 2.07. The highest BCUT2D eigenvalue weighted by atomic mass is 32.1. The van der Waals surface area contributed by atoms with E-state index in [-0.39, 0.29) is 16.2 Å². The number of nitrogens with one attached hydrogen (secondary N) is 1. The molecular weight excluding hydrogens is 274 g/mol. The number of nitrogens with zero attached hydrogens (tertiary/aromatic N) is 2. The van der Waals surface area contributed by atoms with Gasteiger partial charge in [0, 0.05) is 24.4 Å². The Bertz CT molecular complexity index is 875. The maximum atomic E-state index is 11.9. The zero-order valence-electron chi connectivity index (χ0n) is 10.6. The van der Waals surface area contributed by atoms with Crippen molar-refractivity contribution >= 4 is 35.8 Å². The number of aliphatic imine (C=N–C) groups is 1. The Kier molecular flexibility index (Phi) is 2.87. The summed E-state index contributed by atoms with van der Waals surface area (Å²) < 4.78 is 1.52. The Morgan fingerprint density at radius 2 is 2.15 bits per heavy atom. The van der Waals surface area contributed by atoms with Gasteiger partial charge in [0.15, 0.2) is 4.77 Å². The lowest BCUT2D eigenvalue weighted by Crippen LogP contribution is -2.15. The van der Waals surface area contributed by atoms with E-state index in [1.807, 2.05) is 24.3 Å². The summed E-state index contributed by atoms with van der Waals surface area (Å²) in [7, 11) is 1.59. The van der Waals surface area contributed by atoms with Gasteiger partial charge < -0.3 is 5.11 Å². The van der Waals surface area contributed by atoms with Crippen molar-refractivity contribution in [3.8, 4) is 5.88 Å². The molecule has 0 spiro atoms. The second kappa shape index (κ2) is 4.57. The highest BCUT2D eigenvalue weighted by Gasteiger charge is 2.14. The minimum atomic E-state index is -0.420. The third-order valence-electron chi connectivity index (χ3n) is 3.19. The molecule has 0 bridgehead atoms. The van der Waals surface area contributed by atoms with Crippen LogP contribution in [0.5, 0.6) is 5.88 Å². The standard InChI is InChI=1S/C14H11N3O2S/c1-17-13(19)10(12(18)16-14(17)20)6-8-7-15-11-5-3-2-4-9(8)11/h2-7,19H,1H3,(H,16,18,20)/b8-6-. The van der Waals surface area contributed by atoms with Gasteiger partial charge in [0.05, 0.1) is 5.69 Å². The largest absolute Gasteiger partial charge is 0.494 e. The second-order valence-electron chi connectivity index (χ2n) is 4.43. The van der Waals surface area contributed by atoms with E-state index in [1.54, 1.807) is 19.3 Å². The number of rotatable bonds is 1. The molecule has 3 rings (SSSR count). The van der Waals surface area contributed by atoms with Crippen molar-refractivity contribution in [1.82, 2.24) is 9.55 Å². The molecule has 1 aliphatic rings. The Balaban J connectivity index is 2.21. The summed E-state index contributed by atoms with van der Waals surface area (Å²) in [5.41, 5.74) is 2.30. The van der Waals surface area contributed by atoms with Crippen LogP contribution >= 0.6 is 12.2 Å². The van der Waals surface area contributed by atoms with Crippen LogP contribution in [-0.4, -0.2) is 20.9 Å². The molecule has 2 aromatic rings. The summed E-state index contributed by atoms with van der Waals surface area (Å²) in [5, 5.41) is 10.1. The number of fused-ring (bicyclic) bond motifs is 1. The average molecular weight is 285 g/mol. The second-order valence-corrected chi connectivity index (χ2v) is 4.82. The summed E-state index contributed by atoms with van der Waals surface area (Å²) in [6.45, 7) is 0. The molecule has 6 heteroatoms. The molecule has 0 atom stereocenters. The first kappa shape index (κ1) is 12.6. The van der Waals surface area contributed by atoms with Crippen LogP contribution in [0.4, 0.5) is 5.69 Å². The molecule has 0 saturated heterocycles. The van der Waals surface area contributed by atoms with Gasteiger partial charge in [-0.3, -0.25) is 19.3 Å². The van der Waals surface area contributed by atoms with E-state index in [0.717, 1.165) is 16.8 Å². The summed E-state index contributed by atoms with van der Waals surface area (Å²) >= 11 is 4.93. The third kappa shape index (κ3) is 1.90. The van der Waals surface area contributed by atoms with Gasteiger partial charge in [-0.15, -0.1) is 0 Å². The van der Waals surface area contributed by atoms with Gasteiger partial charge >= 0.3 is 0 Å². The van der Waals surface area contributed by atoms with Gasteiger partial charge in [0.25, 0.3) is 5.56 Å². The fourth-order valence-corrected chi connectivity index (χ4v) is 2.25. The van der Waals surface area contributed by atoms with Gasteiger partial charge in [-0.05, 0) is 24.4 Å². The summed E-state index contributed by atoms with van der Waals surface area (Å²) in [4.78, 5) is 18.7. The molecular formula is C14H11N3O2S. The number of benzene rings is 1. The van der Waals surface area contributed by atoms with Gasteiger partial charge in [-0.1, -0.05) is 18.2 Å². The van der Waals surface area contributed by atoms with Crippen molar-refractivity contribution in [2.75, 3.05) is 0 Å². The van der Waals surface area contributed by atoms with E-state index < -0.39 is 5.56 Å². The molecule has 0 radical (unpaired) electrons. The van der Waals surface area contributed by atoms with Crippen LogP contribution in [0.1, 0.15) is 11.1 Å². The lowest BCUT2D eigenvalue weighted by atomic mass is 10.1. The first-order chi connectivity index (χ1) is 9.58. The van der Waals surface area contributed by atoms with E-state index >= 15 is 0 Å². The number of hydrogen-bond acceptors (Lipinski definition) is 4. The molecule has 0 amide bonds. The Morgan fingerprint density at radius 1 is 1.40 bits per heavy atom. The maximum Gasteiger partial charge on any atom is 0.262 e. The van der Waals surface area contributed by atoms with E-state index in [0.29, 0.717) is 0 Å². The normalized spacial score (nSPS) is 14.8. The van der Waals surface area contributed by atoms with Crippen LogP contribution in [0.3, 0.4) is 0 Å². The van der Waals surface area contributed by atoms with Crippen molar-refractivity contribution in [2.24, 2.45) is 12.0 Å². The molecule has 20 heavy (non-hydrogen) atoms. The fraction of sp³-hybridized carbons (Fsp3) is 0.0714. The predicted molar refractivity (Wildman–Crippen MR) is 81.0 cm³/mol. The van der Waals surface area contributed by atoms with Crippen LogP contribution < -0.4 is 5.56 Å². The third-order valence-corrected chi connectivity index (χ3v) is 3.56. The smallest absolute Gasteiger partial charge is 0.262 e. The molecule has 0 saturated carbocycles. The Morgan fingerprint density at radius 3 is 2.95 bits per heavy atom. The van der Waals surface area contributed by atoms with Crippen LogP contribution in [0.15, 0.2) is 34.1 Å². The number of aromatic nitrogens is 2. The van der Waals surface area contributed by atoms with Crippen LogP contribution in [-0.2, 0) is 7.05 Å². The van der Waals surface area contributed by atoms with Gasteiger partial charge in [-0.25, -0.2) is 0 Å². The quantitative estimate of drug-likeness (QED) is 0.790. The maximum absolute atomic E-state index is 11.9. The minimum absolute atomic E-state index is 0.163. The van der Waals surface area contributed by atoms with Crippen molar-refractivity contribution < 1.29 is 5.11 Å². The summed E-state index contributed by atoms with van der Waals surface area (Å²) in [6.07, 6.45) is 3.28. The van der Waals surface area contributed by atoms with Gasteiger partial charge in [-0.2, -0.15) is 0 Å². The molecule has 0 unspecified atom stereocenters. The predicted octanol–water partition coefficient (Wildman–Crippen LogP) is 2.40. The number of H-pyrrole nitrogens is 1. The molecule has 2 N–H and O–H groups in total. The number of hydrogen-bond donors (Lipinski definition) is 2. The van der Waals surface area contributed by atoms with E-state index in [1.165, 1.54) is 4.57 Å². The molecule has 0 aliphatic carbocycles. The number of aromatic amines is 1. The Labute approximate surface area is 119 Å². The average Bonchev–Trinajstić information content (AvgIpc) is 2.84. The molecule has 1 aromatic heterocycles. The molecule has 1 aliphatic heterocycles. The zero-order valence-corrected chi connectivity index (χ0v) is 11.4. The monoisotopic (exact) mass is 285 g/mol. The van der Waals surface area contributed by atoms with Crippen molar-refractivity contribution in [2.45, 2.75) is 0 Å². The molecule has 2 heterocycles. The van der Waals surface area contributed by atoms with Crippen LogP contribution in [0.25, 0.3) is 11.6 Å². The van der Waals surface area contributed by atoms with Crippen molar-refractivity contribution in [3.05, 3.63) is 50.5 Å². The van der Waals surface area contributed by atoms with Crippen LogP contribution in [0.2, 0.25) is 0 Å². The number of allylic oxidation sites excluding steroid dienone is 1. The van der Waals surface area contributed by atoms with E-state index in [4.69, 9.17) is 12.2 Å². The summed E-state index contributed by atoms with van der Waals surface area (Å²) in [6, 6.07) is 7.61. The lowest BCUT2D eigenvalue weighted by molar-refractivity contribution is 0.419. The number of para-hydroxylation sites is 1. The minimum Gasteiger partial charge on any atom is -0.494 e. The highest BCUT2D eigenvalue weighted by Crippen LogP contribution is 2.32. The highest BCUT2D eigenvalue weighted by molar-refractivity contribution is 7.71. The SMILES string of the molecule is Cn1c(O)c(/C=C2/C=Nc3ccccc32)c(=O)[nH]c1=S. The topological polar surface area (TPSA) is 70.4 Å². The lowest BCUT2D eigenvalue weighted by Gasteiger charge is -2.06. The van der Waals surface area contributed by atoms with E-state index in [2.05, 4.69) is 9.98 Å². The van der Waals surface area contributed by atoms with Crippen molar-refractivity contribution in [3.63, 3.8) is 0 Å². The molecule has 0 fully saturated rings. The molecule has 100 valence electrons. The van der Waals surface area contributed by atoms with Crippen molar-refractivity contribution in [1.29, 1.82) is 0 Å². The first-order valence-electron chi connectivity index (χ1n) is 5.95. The van der Waals surface area contributed by atoms with Crippen LogP contribution in [0, 0.1) is 4.77 Å². The van der Waals surface area contributed by atoms with E-state index in [9.17, 15) is 9.90 Å². The number of aromatic hydroxyl groups is 1. The molecule has 5 nitrogen and oxygen atoms in total.